The molecule has 48 heavy (non-hydrogen) atoms. The molecule has 0 fully saturated rings. The molecule has 0 aliphatic carbocycles. The average molecular weight is 659 g/mol. The van der Waals surface area contributed by atoms with Gasteiger partial charge in [0.05, 0.1) is 48.2 Å². The van der Waals surface area contributed by atoms with Crippen molar-refractivity contribution in [2.75, 3.05) is 21.3 Å². The minimum atomic E-state index is -0.459. The lowest BCUT2D eigenvalue weighted by molar-refractivity contribution is -0.385. The maximum atomic E-state index is 10.7. The minimum absolute atomic E-state index is 0. The highest BCUT2D eigenvalue weighted by atomic mass is 16.6. The third-order valence-electron chi connectivity index (χ3n) is 6.99. The summed E-state index contributed by atoms with van der Waals surface area (Å²) in [6.07, 6.45) is 0. The van der Waals surface area contributed by atoms with Crippen molar-refractivity contribution < 1.29 is 24.1 Å². The van der Waals surface area contributed by atoms with E-state index in [9.17, 15) is 20.2 Å². The van der Waals surface area contributed by atoms with Gasteiger partial charge in [0.2, 0.25) is 0 Å². The fourth-order valence-corrected chi connectivity index (χ4v) is 4.38. The van der Waals surface area contributed by atoms with Crippen LogP contribution in [0.15, 0.2) is 93.3 Å². The summed E-state index contributed by atoms with van der Waals surface area (Å²) < 4.78 is 16.2. The zero-order chi connectivity index (χ0) is 34.7. The second kappa shape index (κ2) is 17.8. The monoisotopic (exact) mass is 658 g/mol. The van der Waals surface area contributed by atoms with E-state index in [4.69, 9.17) is 14.2 Å². The van der Waals surface area contributed by atoms with Gasteiger partial charge in [-0.1, -0.05) is 35.1 Å². The molecule has 4 aromatic carbocycles. The Labute approximate surface area is 280 Å². The Bertz CT molecular complexity index is 1750. The molecule has 0 radical (unpaired) electrons. The Balaban J connectivity index is 0.000000327. The summed E-state index contributed by atoms with van der Waals surface area (Å²) in [5.74, 6) is 2.70. The van der Waals surface area contributed by atoms with Crippen molar-refractivity contribution in [3.05, 3.63) is 110 Å². The summed E-state index contributed by atoms with van der Waals surface area (Å²) >= 11 is 0. The summed E-state index contributed by atoms with van der Waals surface area (Å²) in [6.45, 7) is 10.3. The highest BCUT2D eigenvalue weighted by molar-refractivity contribution is 5.60. The third kappa shape index (κ3) is 10.1. The predicted octanol–water partition coefficient (Wildman–Crippen LogP) is 11.2. The Morgan fingerprint density at radius 3 is 1.31 bits per heavy atom. The van der Waals surface area contributed by atoms with Crippen molar-refractivity contribution in [2.45, 2.75) is 53.9 Å². The van der Waals surface area contributed by atoms with Crippen LogP contribution in [0.2, 0.25) is 0 Å². The Morgan fingerprint density at radius 1 is 0.562 bits per heavy atom. The van der Waals surface area contributed by atoms with Gasteiger partial charge in [0.1, 0.15) is 22.9 Å². The first-order valence-corrected chi connectivity index (χ1v) is 14.6. The number of nitrogens with zero attached hydrogens (tertiary/aromatic N) is 6. The van der Waals surface area contributed by atoms with Crippen molar-refractivity contribution in [3.63, 3.8) is 0 Å². The molecule has 254 valence electrons. The maximum Gasteiger partial charge on any atom is 0.269 e. The predicted molar refractivity (Wildman–Crippen MR) is 187 cm³/mol. The lowest BCUT2D eigenvalue weighted by atomic mass is 9.99. The first-order valence-electron chi connectivity index (χ1n) is 14.6. The number of hydrogen-bond acceptors (Lipinski definition) is 11. The molecule has 0 aromatic heterocycles. The number of aryl methyl sites for hydroxylation is 1. The minimum Gasteiger partial charge on any atom is -0.496 e. The first-order chi connectivity index (χ1) is 22.4. The summed E-state index contributed by atoms with van der Waals surface area (Å²) in [7, 11) is 4.80. The summed E-state index contributed by atoms with van der Waals surface area (Å²) in [5.41, 5.74) is 5.49. The zero-order valence-corrected chi connectivity index (χ0v) is 27.6. The van der Waals surface area contributed by atoms with Crippen LogP contribution >= 0.6 is 0 Å². The number of azo groups is 2. The van der Waals surface area contributed by atoms with Gasteiger partial charge in [-0.2, -0.15) is 15.3 Å². The van der Waals surface area contributed by atoms with Crippen LogP contribution in [0.1, 0.15) is 63.6 Å². The SMILES string of the molecule is C.COc1cc(C(C)C)c(OC)cc1N=Nc1ccc([N+](=O)[O-])cc1.COc1cc(N=Nc2ccc([N+](=O)[O-])cc2)c(C)cc1C(C)C. The van der Waals surface area contributed by atoms with Crippen molar-refractivity contribution in [1.82, 2.24) is 0 Å². The average Bonchev–Trinajstić information content (AvgIpc) is 3.06. The topological polar surface area (TPSA) is 163 Å². The summed E-state index contributed by atoms with van der Waals surface area (Å²) in [6, 6.07) is 19.3. The molecule has 4 rings (SSSR count). The molecule has 0 spiro atoms. The number of ether oxygens (including phenoxy) is 3. The first kappa shape index (κ1) is 38.5. The van der Waals surface area contributed by atoms with Gasteiger partial charge in [-0.3, -0.25) is 20.2 Å². The molecule has 0 saturated heterocycles. The number of methoxy groups -OCH3 is 3. The third-order valence-corrected chi connectivity index (χ3v) is 6.99. The smallest absolute Gasteiger partial charge is 0.269 e. The van der Waals surface area contributed by atoms with Crippen LogP contribution in [0.4, 0.5) is 34.1 Å². The number of nitro benzene ring substituents is 2. The van der Waals surface area contributed by atoms with Crippen LogP contribution in [-0.4, -0.2) is 31.2 Å². The van der Waals surface area contributed by atoms with Gasteiger partial charge in [0.15, 0.2) is 0 Å². The van der Waals surface area contributed by atoms with Gasteiger partial charge in [0, 0.05) is 42.0 Å². The fraction of sp³-hybridized carbons (Fsp3) is 0.314. The van der Waals surface area contributed by atoms with E-state index in [1.165, 1.54) is 36.4 Å². The molecule has 0 aliphatic heterocycles. The van der Waals surface area contributed by atoms with E-state index >= 15 is 0 Å². The Morgan fingerprint density at radius 2 is 0.938 bits per heavy atom. The number of benzene rings is 4. The zero-order valence-electron chi connectivity index (χ0n) is 27.6. The van der Waals surface area contributed by atoms with Crippen molar-refractivity contribution in [2.24, 2.45) is 20.5 Å². The quantitative estimate of drug-likeness (QED) is 0.0878. The van der Waals surface area contributed by atoms with Crippen LogP contribution in [0.5, 0.6) is 17.2 Å². The molecule has 4 aromatic rings. The Hall–Kier alpha value is -5.72. The lowest BCUT2D eigenvalue weighted by Gasteiger charge is -2.14. The van der Waals surface area contributed by atoms with E-state index in [0.29, 0.717) is 40.2 Å². The number of hydrogen-bond donors (Lipinski definition) is 0. The van der Waals surface area contributed by atoms with Gasteiger partial charge in [-0.05, 0) is 66.3 Å². The molecular weight excluding hydrogens is 616 g/mol. The second-order valence-corrected chi connectivity index (χ2v) is 10.9. The number of nitro groups is 2. The largest absolute Gasteiger partial charge is 0.496 e. The van der Waals surface area contributed by atoms with E-state index in [1.807, 2.05) is 25.1 Å². The van der Waals surface area contributed by atoms with Crippen LogP contribution in [0, 0.1) is 27.2 Å². The molecule has 0 N–H and O–H groups in total. The van der Waals surface area contributed by atoms with Crippen molar-refractivity contribution in [1.29, 1.82) is 0 Å². The summed E-state index contributed by atoms with van der Waals surface area (Å²) in [4.78, 5) is 20.4. The van der Waals surface area contributed by atoms with Crippen LogP contribution in [0.3, 0.4) is 0 Å². The molecule has 0 aliphatic rings. The van der Waals surface area contributed by atoms with E-state index in [2.05, 4.69) is 48.2 Å². The van der Waals surface area contributed by atoms with E-state index in [1.54, 1.807) is 39.5 Å². The highest BCUT2D eigenvalue weighted by Gasteiger charge is 2.14. The van der Waals surface area contributed by atoms with E-state index in [-0.39, 0.29) is 24.7 Å². The van der Waals surface area contributed by atoms with E-state index < -0.39 is 9.85 Å². The van der Waals surface area contributed by atoms with E-state index in [0.717, 1.165) is 22.4 Å². The molecule has 13 heteroatoms. The van der Waals surface area contributed by atoms with Crippen LogP contribution < -0.4 is 14.2 Å². The maximum absolute atomic E-state index is 10.7. The molecule has 0 amide bonds. The van der Waals surface area contributed by atoms with Gasteiger partial charge < -0.3 is 14.2 Å². The van der Waals surface area contributed by atoms with Gasteiger partial charge in [-0.25, -0.2) is 0 Å². The van der Waals surface area contributed by atoms with Crippen LogP contribution in [0.25, 0.3) is 0 Å². The molecule has 13 nitrogen and oxygen atoms in total. The second-order valence-electron chi connectivity index (χ2n) is 10.9. The fourth-order valence-electron chi connectivity index (χ4n) is 4.38. The normalized spacial score (nSPS) is 10.9. The standard InChI is InChI=1S/C17H19N3O4.C17H19N3O3.CH4/c1-11(2)14-9-17(24-4)15(10-16(14)23-3)19-18-12-5-7-13(8-6-12)20(21)22;1-11(2)15-9-12(3)16(10-17(15)23-4)19-18-13-5-7-14(8-6-13)20(21)22;/h5-11H,1-4H3;5-11H,1-4H3;1H4. The summed E-state index contributed by atoms with van der Waals surface area (Å²) in [5, 5.41) is 37.9. The molecule has 0 saturated carbocycles. The van der Waals surface area contributed by atoms with Gasteiger partial charge in [-0.15, -0.1) is 5.11 Å². The molecule has 0 atom stereocenters. The lowest BCUT2D eigenvalue weighted by Crippen LogP contribution is -1.96. The highest BCUT2D eigenvalue weighted by Crippen LogP contribution is 2.39. The number of rotatable bonds is 11. The van der Waals surface area contributed by atoms with Crippen molar-refractivity contribution >= 4 is 34.1 Å². The molecule has 0 heterocycles. The van der Waals surface area contributed by atoms with Crippen molar-refractivity contribution in [3.8, 4) is 17.2 Å². The molecule has 0 bridgehead atoms. The van der Waals surface area contributed by atoms with Crippen LogP contribution in [-0.2, 0) is 0 Å². The van der Waals surface area contributed by atoms with Gasteiger partial charge >= 0.3 is 0 Å². The number of non-ortho nitro benzene ring substituents is 2. The molecule has 0 unspecified atom stereocenters. The Kier molecular flexibility index (Phi) is 14.3. The molecular formula is C35H42N6O7. The van der Waals surface area contributed by atoms with Gasteiger partial charge in [0.25, 0.3) is 11.4 Å².